The SMILES string of the molecule is CS(=O)(=O)Nc1cccc(C(=O)OCC(=O)c2cccc3ccccc23)c1. The highest BCUT2D eigenvalue weighted by Gasteiger charge is 2.14. The Kier molecular flexibility index (Phi) is 5.23. The van der Waals surface area contributed by atoms with Gasteiger partial charge in [0.05, 0.1) is 11.8 Å². The molecule has 7 heteroatoms. The average molecular weight is 383 g/mol. The van der Waals surface area contributed by atoms with E-state index >= 15 is 0 Å². The molecule has 3 aromatic rings. The minimum absolute atomic E-state index is 0.148. The van der Waals surface area contributed by atoms with Crippen molar-refractivity contribution in [2.24, 2.45) is 0 Å². The minimum Gasteiger partial charge on any atom is -0.454 e. The third-order valence-corrected chi connectivity index (χ3v) is 4.43. The van der Waals surface area contributed by atoms with E-state index in [4.69, 9.17) is 4.74 Å². The van der Waals surface area contributed by atoms with E-state index in [2.05, 4.69) is 4.72 Å². The molecule has 0 saturated heterocycles. The highest BCUT2D eigenvalue weighted by molar-refractivity contribution is 7.92. The van der Waals surface area contributed by atoms with Crippen LogP contribution in [-0.4, -0.2) is 33.0 Å². The second-order valence-corrected chi connectivity index (χ2v) is 7.73. The van der Waals surface area contributed by atoms with Crippen molar-refractivity contribution in [3.8, 4) is 0 Å². The van der Waals surface area contributed by atoms with Crippen LogP contribution < -0.4 is 4.72 Å². The fourth-order valence-electron chi connectivity index (χ4n) is 2.68. The van der Waals surface area contributed by atoms with Crippen molar-refractivity contribution in [3.05, 3.63) is 77.9 Å². The molecular weight excluding hydrogens is 366 g/mol. The third-order valence-electron chi connectivity index (χ3n) is 3.83. The van der Waals surface area contributed by atoms with Crippen LogP contribution >= 0.6 is 0 Å². The van der Waals surface area contributed by atoms with Gasteiger partial charge in [-0.05, 0) is 29.0 Å². The van der Waals surface area contributed by atoms with E-state index in [-0.39, 0.29) is 17.0 Å². The number of fused-ring (bicyclic) bond motifs is 1. The number of hydrogen-bond acceptors (Lipinski definition) is 5. The molecule has 27 heavy (non-hydrogen) atoms. The van der Waals surface area contributed by atoms with Crippen LogP contribution in [-0.2, 0) is 14.8 Å². The maximum absolute atomic E-state index is 12.5. The van der Waals surface area contributed by atoms with Crippen molar-refractivity contribution in [1.82, 2.24) is 0 Å². The van der Waals surface area contributed by atoms with Crippen molar-refractivity contribution in [1.29, 1.82) is 0 Å². The molecule has 0 aliphatic carbocycles. The van der Waals surface area contributed by atoms with Gasteiger partial charge in [-0.3, -0.25) is 9.52 Å². The summed E-state index contributed by atoms with van der Waals surface area (Å²) in [5, 5.41) is 1.72. The summed E-state index contributed by atoms with van der Waals surface area (Å²) in [6, 6.07) is 18.7. The molecule has 0 bridgehead atoms. The van der Waals surface area contributed by atoms with E-state index in [0.29, 0.717) is 5.56 Å². The van der Waals surface area contributed by atoms with Crippen LogP contribution in [0.1, 0.15) is 20.7 Å². The van der Waals surface area contributed by atoms with Gasteiger partial charge in [0.15, 0.2) is 6.61 Å². The molecule has 0 saturated carbocycles. The number of Topliss-reactive ketones (excluding diaryl/α,β-unsaturated/α-hetero) is 1. The number of anilines is 1. The van der Waals surface area contributed by atoms with E-state index < -0.39 is 22.6 Å². The molecule has 3 rings (SSSR count). The molecule has 0 heterocycles. The quantitative estimate of drug-likeness (QED) is 0.521. The third kappa shape index (κ3) is 4.71. The summed E-state index contributed by atoms with van der Waals surface area (Å²) in [5.74, 6) is -1.02. The van der Waals surface area contributed by atoms with Gasteiger partial charge in [-0.2, -0.15) is 0 Å². The van der Waals surface area contributed by atoms with E-state index in [0.717, 1.165) is 17.0 Å². The maximum Gasteiger partial charge on any atom is 0.338 e. The fourth-order valence-corrected chi connectivity index (χ4v) is 3.24. The van der Waals surface area contributed by atoms with Crippen LogP contribution in [0.25, 0.3) is 10.8 Å². The molecule has 0 radical (unpaired) electrons. The number of nitrogens with one attached hydrogen (secondary N) is 1. The average Bonchev–Trinajstić information content (AvgIpc) is 2.64. The topological polar surface area (TPSA) is 89.5 Å². The Hall–Kier alpha value is -3.19. The molecule has 1 N–H and O–H groups in total. The first kappa shape index (κ1) is 18.6. The Labute approximate surface area is 156 Å². The molecule has 0 amide bonds. The standard InChI is InChI=1S/C20H17NO5S/c1-27(24,25)21-16-9-4-8-15(12-16)20(23)26-13-19(22)18-11-5-7-14-6-2-3-10-17(14)18/h2-12,21H,13H2,1H3. The summed E-state index contributed by atoms with van der Waals surface area (Å²) in [6.45, 7) is -0.406. The van der Waals surface area contributed by atoms with Gasteiger partial charge in [-0.1, -0.05) is 48.5 Å². The van der Waals surface area contributed by atoms with Crippen LogP contribution in [0.4, 0.5) is 5.69 Å². The van der Waals surface area contributed by atoms with Crippen LogP contribution in [0.2, 0.25) is 0 Å². The lowest BCUT2D eigenvalue weighted by Crippen LogP contribution is -2.15. The highest BCUT2D eigenvalue weighted by atomic mass is 32.2. The number of benzene rings is 3. The zero-order valence-electron chi connectivity index (χ0n) is 14.5. The molecule has 0 aromatic heterocycles. The zero-order valence-corrected chi connectivity index (χ0v) is 15.3. The van der Waals surface area contributed by atoms with Gasteiger partial charge in [0, 0.05) is 11.3 Å². The zero-order chi connectivity index (χ0) is 19.4. The summed E-state index contributed by atoms with van der Waals surface area (Å²) in [4.78, 5) is 24.7. The Balaban J connectivity index is 1.72. The smallest absolute Gasteiger partial charge is 0.338 e. The monoisotopic (exact) mass is 383 g/mol. The number of hydrogen-bond donors (Lipinski definition) is 1. The predicted molar refractivity (Wildman–Crippen MR) is 103 cm³/mol. The second-order valence-electron chi connectivity index (χ2n) is 5.98. The second kappa shape index (κ2) is 7.59. The molecule has 0 aliphatic rings. The van der Waals surface area contributed by atoms with Crippen molar-refractivity contribution >= 4 is 38.2 Å². The van der Waals surface area contributed by atoms with Gasteiger partial charge in [-0.25, -0.2) is 13.2 Å². The van der Waals surface area contributed by atoms with Gasteiger partial charge >= 0.3 is 5.97 Å². The van der Waals surface area contributed by atoms with E-state index in [1.165, 1.54) is 24.3 Å². The molecule has 138 valence electrons. The van der Waals surface area contributed by atoms with E-state index in [9.17, 15) is 18.0 Å². The van der Waals surface area contributed by atoms with Crippen molar-refractivity contribution in [3.63, 3.8) is 0 Å². The lowest BCUT2D eigenvalue weighted by molar-refractivity contribution is 0.0475. The van der Waals surface area contributed by atoms with Gasteiger partial charge in [0.1, 0.15) is 0 Å². The summed E-state index contributed by atoms with van der Waals surface area (Å²) < 4.78 is 30.0. The Morgan fingerprint density at radius 1 is 0.963 bits per heavy atom. The summed E-state index contributed by atoms with van der Waals surface area (Å²) in [6.07, 6.45) is 1.01. The minimum atomic E-state index is -3.46. The molecule has 0 atom stereocenters. The number of carbonyl (C=O) groups excluding carboxylic acids is 2. The molecule has 6 nitrogen and oxygen atoms in total. The van der Waals surface area contributed by atoms with E-state index in [1.54, 1.807) is 12.1 Å². The number of sulfonamides is 1. The van der Waals surface area contributed by atoms with Gasteiger partial charge in [-0.15, -0.1) is 0 Å². The molecule has 0 unspecified atom stereocenters. The number of ether oxygens (including phenoxy) is 1. The summed E-state index contributed by atoms with van der Waals surface area (Å²) >= 11 is 0. The number of ketones is 1. The normalized spacial score (nSPS) is 11.1. The molecule has 0 spiro atoms. The molecular formula is C20H17NO5S. The number of carbonyl (C=O) groups is 2. The fraction of sp³-hybridized carbons (Fsp3) is 0.100. The Bertz CT molecular complexity index is 1120. The summed E-state index contributed by atoms with van der Waals surface area (Å²) in [5.41, 5.74) is 0.870. The van der Waals surface area contributed by atoms with Crippen molar-refractivity contribution in [2.45, 2.75) is 0 Å². The van der Waals surface area contributed by atoms with Crippen LogP contribution in [0.3, 0.4) is 0 Å². The maximum atomic E-state index is 12.5. The largest absolute Gasteiger partial charge is 0.454 e. The first-order valence-corrected chi connectivity index (χ1v) is 9.98. The van der Waals surface area contributed by atoms with Gasteiger partial charge in [0.2, 0.25) is 15.8 Å². The molecule has 0 fully saturated rings. The molecule has 3 aromatic carbocycles. The van der Waals surface area contributed by atoms with Gasteiger partial charge in [0.25, 0.3) is 0 Å². The lowest BCUT2D eigenvalue weighted by Gasteiger charge is -2.08. The van der Waals surface area contributed by atoms with Crippen LogP contribution in [0.5, 0.6) is 0 Å². The Morgan fingerprint density at radius 3 is 2.44 bits per heavy atom. The van der Waals surface area contributed by atoms with Crippen LogP contribution in [0.15, 0.2) is 66.7 Å². The Morgan fingerprint density at radius 2 is 1.67 bits per heavy atom. The first-order chi connectivity index (χ1) is 12.8. The van der Waals surface area contributed by atoms with Crippen LogP contribution in [0, 0.1) is 0 Å². The van der Waals surface area contributed by atoms with Gasteiger partial charge < -0.3 is 4.74 Å². The number of rotatable bonds is 6. The van der Waals surface area contributed by atoms with Crippen molar-refractivity contribution < 1.29 is 22.7 Å². The first-order valence-electron chi connectivity index (χ1n) is 8.09. The number of esters is 1. The lowest BCUT2D eigenvalue weighted by atomic mass is 10.0. The van der Waals surface area contributed by atoms with E-state index in [1.807, 2.05) is 30.3 Å². The highest BCUT2D eigenvalue weighted by Crippen LogP contribution is 2.19. The molecule has 0 aliphatic heterocycles. The van der Waals surface area contributed by atoms with Crippen molar-refractivity contribution in [2.75, 3.05) is 17.6 Å². The predicted octanol–water partition coefficient (Wildman–Crippen LogP) is 3.25. The summed E-state index contributed by atoms with van der Waals surface area (Å²) in [7, 11) is -3.46.